The van der Waals surface area contributed by atoms with Crippen molar-refractivity contribution in [3.8, 4) is 5.69 Å². The van der Waals surface area contributed by atoms with Crippen molar-refractivity contribution in [3.63, 3.8) is 0 Å². The second-order valence-corrected chi connectivity index (χ2v) is 7.16. The van der Waals surface area contributed by atoms with Crippen LogP contribution in [0.2, 0.25) is 0 Å². The van der Waals surface area contributed by atoms with Crippen LogP contribution in [0.25, 0.3) is 27.8 Å². The van der Waals surface area contributed by atoms with Gasteiger partial charge in [-0.05, 0) is 30.7 Å². The highest BCUT2D eigenvalue weighted by Crippen LogP contribution is 2.19. The number of aryl methyl sites for hydroxylation is 1. The summed E-state index contributed by atoms with van der Waals surface area (Å²) in [6.07, 6.45) is 1.91. The molecule has 3 aromatic heterocycles. The zero-order chi connectivity index (χ0) is 21.4. The number of benzene rings is 2. The van der Waals surface area contributed by atoms with Crippen molar-refractivity contribution in [2.24, 2.45) is 0 Å². The van der Waals surface area contributed by atoms with Crippen molar-refractivity contribution < 1.29 is 5.11 Å². The highest BCUT2D eigenvalue weighted by atomic mass is 16.3. The van der Waals surface area contributed by atoms with Gasteiger partial charge in [0.2, 0.25) is 0 Å². The maximum absolute atomic E-state index is 13.4. The Kier molecular flexibility index (Phi) is 4.64. The summed E-state index contributed by atoms with van der Waals surface area (Å²) in [5, 5.41) is 14.3. The molecule has 0 amide bonds. The number of para-hydroxylation sites is 1. The molecule has 0 saturated carbocycles. The number of aliphatic hydroxyl groups excluding tert-OH is 1. The number of aromatic nitrogens is 6. The summed E-state index contributed by atoms with van der Waals surface area (Å²) in [5.74, 6) is 0.825. The molecule has 0 fully saturated rings. The number of imidazole rings is 1. The number of hydrogen-bond donors (Lipinski definition) is 3. The Hall–Kier alpha value is -4.11. The molecule has 0 aliphatic rings. The van der Waals surface area contributed by atoms with Gasteiger partial charge in [-0.1, -0.05) is 30.3 Å². The molecule has 0 aliphatic heterocycles. The molecule has 154 valence electrons. The number of H-pyrrole nitrogens is 1. The van der Waals surface area contributed by atoms with E-state index in [0.29, 0.717) is 39.4 Å². The fourth-order valence-electron chi connectivity index (χ4n) is 3.67. The van der Waals surface area contributed by atoms with Crippen LogP contribution in [0.5, 0.6) is 0 Å². The lowest BCUT2D eigenvalue weighted by atomic mass is 10.1. The van der Waals surface area contributed by atoms with Gasteiger partial charge in [0.25, 0.3) is 5.56 Å². The average Bonchev–Trinajstić information content (AvgIpc) is 3.24. The molecule has 5 aromatic rings. The third-order valence-electron chi connectivity index (χ3n) is 5.09. The summed E-state index contributed by atoms with van der Waals surface area (Å²) >= 11 is 0. The summed E-state index contributed by atoms with van der Waals surface area (Å²) in [6, 6.07) is 14.8. The molecule has 31 heavy (non-hydrogen) atoms. The van der Waals surface area contributed by atoms with Gasteiger partial charge in [0.1, 0.15) is 23.9 Å². The van der Waals surface area contributed by atoms with Crippen LogP contribution in [0.15, 0.2) is 66.0 Å². The molecule has 0 aliphatic carbocycles. The predicted molar refractivity (Wildman–Crippen MR) is 117 cm³/mol. The third-order valence-corrected chi connectivity index (χ3v) is 5.09. The summed E-state index contributed by atoms with van der Waals surface area (Å²) in [7, 11) is 0. The van der Waals surface area contributed by atoms with Gasteiger partial charge in [-0.25, -0.2) is 19.9 Å². The van der Waals surface area contributed by atoms with Crippen LogP contribution >= 0.6 is 0 Å². The van der Waals surface area contributed by atoms with E-state index < -0.39 is 6.23 Å². The van der Waals surface area contributed by atoms with Crippen molar-refractivity contribution in [3.05, 3.63) is 82.9 Å². The highest BCUT2D eigenvalue weighted by molar-refractivity contribution is 5.82. The topological polar surface area (TPSA) is 122 Å². The molecule has 5 rings (SSSR count). The third kappa shape index (κ3) is 3.40. The normalized spacial score (nSPS) is 12.3. The van der Waals surface area contributed by atoms with Crippen LogP contribution in [0.3, 0.4) is 0 Å². The lowest BCUT2D eigenvalue weighted by molar-refractivity contribution is 0.200. The Morgan fingerprint density at radius 1 is 1.10 bits per heavy atom. The number of fused-ring (bicyclic) bond motifs is 2. The van der Waals surface area contributed by atoms with E-state index in [2.05, 4.69) is 25.3 Å². The van der Waals surface area contributed by atoms with Crippen molar-refractivity contribution >= 4 is 27.9 Å². The van der Waals surface area contributed by atoms with Crippen molar-refractivity contribution in [1.82, 2.24) is 29.5 Å². The molecule has 0 radical (unpaired) electrons. The molecule has 0 saturated heterocycles. The van der Waals surface area contributed by atoms with E-state index in [4.69, 9.17) is 4.98 Å². The average molecular weight is 413 g/mol. The first-order chi connectivity index (χ1) is 15.1. The minimum atomic E-state index is -1.06. The molecule has 9 nitrogen and oxygen atoms in total. The van der Waals surface area contributed by atoms with Gasteiger partial charge in [0.05, 0.1) is 29.3 Å². The number of aromatic amines is 1. The Balaban J connectivity index is 1.59. The smallest absolute Gasteiger partial charge is 0.266 e. The van der Waals surface area contributed by atoms with Crippen LogP contribution < -0.4 is 10.9 Å². The van der Waals surface area contributed by atoms with Crippen molar-refractivity contribution in [2.45, 2.75) is 19.6 Å². The summed E-state index contributed by atoms with van der Waals surface area (Å²) < 4.78 is 1.55. The fraction of sp³-hybridized carbons (Fsp3) is 0.136. The van der Waals surface area contributed by atoms with Gasteiger partial charge in [0, 0.05) is 0 Å². The first kappa shape index (κ1) is 18.9. The van der Waals surface area contributed by atoms with Gasteiger partial charge in [-0.2, -0.15) is 0 Å². The van der Waals surface area contributed by atoms with Crippen molar-refractivity contribution in [2.75, 3.05) is 5.32 Å². The predicted octanol–water partition coefficient (Wildman–Crippen LogP) is 2.33. The van der Waals surface area contributed by atoms with E-state index in [1.54, 1.807) is 10.6 Å². The van der Waals surface area contributed by atoms with E-state index in [1.807, 2.05) is 49.4 Å². The van der Waals surface area contributed by atoms with Gasteiger partial charge < -0.3 is 15.4 Å². The van der Waals surface area contributed by atoms with Crippen LogP contribution in [0.1, 0.15) is 11.4 Å². The van der Waals surface area contributed by atoms with E-state index in [0.717, 1.165) is 5.56 Å². The quantitative estimate of drug-likeness (QED) is 0.378. The molecule has 0 spiro atoms. The zero-order valence-electron chi connectivity index (χ0n) is 16.6. The van der Waals surface area contributed by atoms with Crippen LogP contribution in [0, 0.1) is 6.92 Å². The maximum Gasteiger partial charge on any atom is 0.266 e. The minimum Gasteiger partial charge on any atom is -0.373 e. The minimum absolute atomic E-state index is 0.0733. The van der Waals surface area contributed by atoms with Gasteiger partial charge >= 0.3 is 0 Å². The van der Waals surface area contributed by atoms with E-state index in [-0.39, 0.29) is 12.0 Å². The summed E-state index contributed by atoms with van der Waals surface area (Å²) in [6.45, 7) is 1.89. The van der Waals surface area contributed by atoms with Crippen LogP contribution in [-0.4, -0.2) is 40.8 Å². The number of aliphatic hydroxyl groups is 1. The van der Waals surface area contributed by atoms with E-state index in [1.165, 1.54) is 12.7 Å². The Bertz CT molecular complexity index is 1440. The van der Waals surface area contributed by atoms with Crippen LogP contribution in [-0.2, 0) is 6.42 Å². The second kappa shape index (κ2) is 7.62. The Morgan fingerprint density at radius 2 is 1.94 bits per heavy atom. The van der Waals surface area contributed by atoms with Gasteiger partial charge in [0.15, 0.2) is 11.5 Å². The molecule has 0 bridgehead atoms. The molecule has 2 aromatic carbocycles. The molecule has 3 heterocycles. The molecular weight excluding hydrogens is 394 g/mol. The van der Waals surface area contributed by atoms with Gasteiger partial charge in [-0.15, -0.1) is 0 Å². The molecule has 1 unspecified atom stereocenters. The largest absolute Gasteiger partial charge is 0.373 e. The van der Waals surface area contributed by atoms with Crippen LogP contribution in [0.4, 0.5) is 5.82 Å². The maximum atomic E-state index is 13.4. The highest BCUT2D eigenvalue weighted by Gasteiger charge is 2.18. The van der Waals surface area contributed by atoms with Crippen molar-refractivity contribution in [1.29, 1.82) is 0 Å². The number of anilines is 1. The SMILES string of the molecule is Cc1cccc2nc(CC(O)Nc3ncnc4[nH]cnc34)n(-c3ccccc3)c(=O)c12. The Morgan fingerprint density at radius 3 is 2.77 bits per heavy atom. The molecular formula is C22H19N7O2. The van der Waals surface area contributed by atoms with E-state index in [9.17, 15) is 9.90 Å². The summed E-state index contributed by atoms with van der Waals surface area (Å²) in [4.78, 5) is 33.5. The van der Waals surface area contributed by atoms with Gasteiger partial charge in [-0.3, -0.25) is 9.36 Å². The number of nitrogens with zero attached hydrogens (tertiary/aromatic N) is 5. The Labute approximate surface area is 176 Å². The number of rotatable bonds is 5. The number of nitrogens with one attached hydrogen (secondary N) is 2. The number of hydrogen-bond acceptors (Lipinski definition) is 7. The summed E-state index contributed by atoms with van der Waals surface area (Å²) in [5.41, 5.74) is 3.04. The second-order valence-electron chi connectivity index (χ2n) is 7.16. The molecule has 1 atom stereocenters. The first-order valence-corrected chi connectivity index (χ1v) is 9.77. The molecule has 3 N–H and O–H groups in total. The van der Waals surface area contributed by atoms with E-state index >= 15 is 0 Å². The fourth-order valence-corrected chi connectivity index (χ4v) is 3.67. The standard InChI is InChI=1S/C22H19N7O2/c1-13-6-5-9-15-18(13)22(31)29(14-7-3-2-4-8-14)16(27-15)10-17(30)28-21-19-20(24-11-23-19)25-12-26-21/h2-9,11-12,17,30H,10H2,1H3,(H2,23,24,25,26,28). The monoisotopic (exact) mass is 413 g/mol. The zero-order valence-corrected chi connectivity index (χ0v) is 16.6. The lowest BCUT2D eigenvalue weighted by Gasteiger charge is -2.18. The lowest BCUT2D eigenvalue weighted by Crippen LogP contribution is -2.30. The molecule has 9 heteroatoms. The first-order valence-electron chi connectivity index (χ1n) is 9.77.